The minimum absolute atomic E-state index is 0.837. The van der Waals surface area contributed by atoms with Gasteiger partial charge in [-0.15, -0.1) is 26.3 Å². The summed E-state index contributed by atoms with van der Waals surface area (Å²) in [6, 6.07) is 15.8. The van der Waals surface area contributed by atoms with Crippen molar-refractivity contribution in [1.82, 2.24) is 0 Å². The van der Waals surface area contributed by atoms with Gasteiger partial charge in [0.1, 0.15) is 0 Å². The summed E-state index contributed by atoms with van der Waals surface area (Å²) in [5, 5.41) is 0. The number of hydrogen-bond acceptors (Lipinski definition) is 0. The van der Waals surface area contributed by atoms with E-state index in [1.54, 1.807) is 0 Å². The molecule has 0 bridgehead atoms. The van der Waals surface area contributed by atoms with Crippen molar-refractivity contribution < 1.29 is 0 Å². The Balaban J connectivity index is 2.36. The maximum absolute atomic E-state index is 3.85. The lowest BCUT2D eigenvalue weighted by atomic mass is 9.94. The molecule has 0 nitrogen and oxygen atoms in total. The van der Waals surface area contributed by atoms with E-state index >= 15 is 0 Å². The average molecular weight is 326 g/mol. The zero-order valence-electron chi connectivity index (χ0n) is 15.0. The normalized spacial score (nSPS) is 10.2. The van der Waals surface area contributed by atoms with Crippen LogP contribution in [-0.2, 0) is 32.1 Å². The highest BCUT2D eigenvalue weighted by atomic mass is 14.1. The van der Waals surface area contributed by atoms with Gasteiger partial charge in [-0.3, -0.25) is 0 Å². The molecule has 0 saturated heterocycles. The fraction of sp³-hybridized carbons (Fsp3) is 0.200. The summed E-state index contributed by atoms with van der Waals surface area (Å²) in [6.07, 6.45) is 11.9. The molecule has 0 aliphatic carbocycles. The molecule has 0 aliphatic rings. The molecule has 2 radical (unpaired) electrons. The fourth-order valence-electron chi connectivity index (χ4n) is 3.04. The summed E-state index contributed by atoms with van der Waals surface area (Å²) in [6.45, 7) is 15.4. The summed E-state index contributed by atoms with van der Waals surface area (Å²) in [7, 11) is 0. The van der Waals surface area contributed by atoms with E-state index in [0.717, 1.165) is 32.1 Å². The molecule has 2 rings (SSSR count). The summed E-state index contributed by atoms with van der Waals surface area (Å²) < 4.78 is 0. The van der Waals surface area contributed by atoms with E-state index in [1.165, 1.54) is 33.4 Å². The van der Waals surface area contributed by atoms with Crippen molar-refractivity contribution in [2.45, 2.75) is 32.1 Å². The van der Waals surface area contributed by atoms with Crippen molar-refractivity contribution in [3.05, 3.63) is 120 Å². The second kappa shape index (κ2) is 9.64. The van der Waals surface area contributed by atoms with Crippen molar-refractivity contribution in [3.63, 3.8) is 0 Å². The topological polar surface area (TPSA) is 0 Å². The largest absolute Gasteiger partial charge is 0.103 e. The summed E-state index contributed by atoms with van der Waals surface area (Å²) in [5.74, 6) is 0. The average Bonchev–Trinajstić information content (AvgIpc) is 2.55. The third kappa shape index (κ3) is 5.76. The molecule has 0 spiro atoms. The van der Waals surface area contributed by atoms with Crippen molar-refractivity contribution in [2.24, 2.45) is 0 Å². The van der Waals surface area contributed by atoms with Gasteiger partial charge >= 0.3 is 0 Å². The quantitative estimate of drug-likeness (QED) is 0.485. The van der Waals surface area contributed by atoms with Gasteiger partial charge in [-0.1, -0.05) is 48.6 Å². The van der Waals surface area contributed by atoms with Gasteiger partial charge < -0.3 is 0 Å². The van der Waals surface area contributed by atoms with Crippen LogP contribution in [0.1, 0.15) is 33.4 Å². The number of hydrogen-bond donors (Lipinski definition) is 0. The van der Waals surface area contributed by atoms with Crippen molar-refractivity contribution in [1.29, 1.82) is 0 Å². The molecule has 0 unspecified atom stereocenters. The van der Waals surface area contributed by atoms with E-state index in [4.69, 9.17) is 0 Å². The molecule has 0 heteroatoms. The molecule has 0 N–H and O–H groups in total. The second-order valence-electron chi connectivity index (χ2n) is 6.23. The van der Waals surface area contributed by atoms with Crippen LogP contribution in [0.2, 0.25) is 0 Å². The highest BCUT2D eigenvalue weighted by Crippen LogP contribution is 2.19. The number of allylic oxidation sites excluding steroid dienone is 4. The van der Waals surface area contributed by atoms with Gasteiger partial charge in [-0.2, -0.15) is 0 Å². The first-order valence-electron chi connectivity index (χ1n) is 8.70. The molecule has 0 saturated carbocycles. The maximum Gasteiger partial charge on any atom is -0.00253 e. The third-order valence-electron chi connectivity index (χ3n) is 3.95. The van der Waals surface area contributed by atoms with Gasteiger partial charge in [0, 0.05) is 0 Å². The third-order valence-corrected chi connectivity index (χ3v) is 3.95. The Hall–Kier alpha value is -2.60. The lowest BCUT2D eigenvalue weighted by molar-refractivity contribution is 1.09. The molecule has 0 aromatic heterocycles. The van der Waals surface area contributed by atoms with E-state index in [0.29, 0.717) is 0 Å². The van der Waals surface area contributed by atoms with Crippen LogP contribution in [-0.4, -0.2) is 0 Å². The first-order valence-corrected chi connectivity index (χ1v) is 8.70. The lowest BCUT2D eigenvalue weighted by Gasteiger charge is -2.10. The van der Waals surface area contributed by atoms with E-state index < -0.39 is 0 Å². The van der Waals surface area contributed by atoms with Gasteiger partial charge in [0.2, 0.25) is 0 Å². The lowest BCUT2D eigenvalue weighted by Crippen LogP contribution is -1.97. The Labute approximate surface area is 152 Å². The van der Waals surface area contributed by atoms with Crippen molar-refractivity contribution in [2.75, 3.05) is 0 Å². The van der Waals surface area contributed by atoms with Crippen LogP contribution in [0.3, 0.4) is 0 Å². The molecule has 2 aromatic rings. The van der Waals surface area contributed by atoms with Gasteiger partial charge in [0.25, 0.3) is 0 Å². The van der Waals surface area contributed by atoms with Gasteiger partial charge in [-0.25, -0.2) is 0 Å². The van der Waals surface area contributed by atoms with Gasteiger partial charge in [-0.05, 0) is 77.6 Å². The highest BCUT2D eigenvalue weighted by molar-refractivity contribution is 5.38. The zero-order chi connectivity index (χ0) is 18.1. The number of rotatable bonds is 10. The summed E-state index contributed by atoms with van der Waals surface area (Å²) in [5.41, 5.74) is 7.34. The molecule has 0 amide bonds. The van der Waals surface area contributed by atoms with E-state index in [1.807, 2.05) is 24.3 Å². The standard InChI is InChI=1S/C25H26/c1-5-9-20-13-21(10-6-2)16-24(15-20)19-25-17-22(11-7-3)14-23(18-25)12-8-4/h5-8,15-18H,1-4,9-12,19H2. The van der Waals surface area contributed by atoms with Crippen LogP contribution in [0, 0.1) is 12.1 Å². The molecule has 0 heterocycles. The van der Waals surface area contributed by atoms with Crippen LogP contribution in [0.15, 0.2) is 74.9 Å². The first kappa shape index (κ1) is 18.7. The summed E-state index contributed by atoms with van der Waals surface area (Å²) >= 11 is 0. The van der Waals surface area contributed by atoms with Crippen molar-refractivity contribution >= 4 is 0 Å². The smallest absolute Gasteiger partial charge is 0.00253 e. The Morgan fingerprint density at radius 3 is 1.08 bits per heavy atom. The van der Waals surface area contributed by atoms with Crippen LogP contribution in [0.25, 0.3) is 0 Å². The number of benzene rings is 2. The van der Waals surface area contributed by atoms with Crippen LogP contribution in [0.5, 0.6) is 0 Å². The van der Waals surface area contributed by atoms with E-state index in [9.17, 15) is 0 Å². The molecule has 0 aliphatic heterocycles. The Morgan fingerprint density at radius 2 is 0.840 bits per heavy atom. The maximum atomic E-state index is 3.85. The first-order chi connectivity index (χ1) is 12.2. The van der Waals surface area contributed by atoms with Crippen LogP contribution >= 0.6 is 0 Å². The van der Waals surface area contributed by atoms with Gasteiger partial charge in [0.15, 0.2) is 0 Å². The summed E-state index contributed by atoms with van der Waals surface area (Å²) in [4.78, 5) is 0. The Bertz CT molecular complexity index is 640. The zero-order valence-corrected chi connectivity index (χ0v) is 15.0. The fourth-order valence-corrected chi connectivity index (χ4v) is 3.04. The minimum atomic E-state index is 0.837. The molecule has 0 atom stereocenters. The predicted molar refractivity (Wildman–Crippen MR) is 109 cm³/mol. The van der Waals surface area contributed by atoms with Crippen LogP contribution in [0.4, 0.5) is 0 Å². The molecule has 126 valence electrons. The molecule has 25 heavy (non-hydrogen) atoms. The van der Waals surface area contributed by atoms with Crippen molar-refractivity contribution in [3.8, 4) is 0 Å². The van der Waals surface area contributed by atoms with E-state index in [2.05, 4.69) is 62.7 Å². The van der Waals surface area contributed by atoms with E-state index in [-0.39, 0.29) is 0 Å². The monoisotopic (exact) mass is 326 g/mol. The second-order valence-corrected chi connectivity index (χ2v) is 6.23. The predicted octanol–water partition coefficient (Wildman–Crippen LogP) is 5.79. The Kier molecular flexibility index (Phi) is 7.22. The molecule has 2 aromatic carbocycles. The molecular weight excluding hydrogens is 300 g/mol. The minimum Gasteiger partial charge on any atom is -0.103 e. The molecular formula is C25H26. The highest BCUT2D eigenvalue weighted by Gasteiger charge is 2.05. The Morgan fingerprint density at radius 1 is 0.560 bits per heavy atom. The van der Waals surface area contributed by atoms with Gasteiger partial charge in [0.05, 0.1) is 0 Å². The SMILES string of the molecule is C=CCc1[c]c(CC=C)cc(Cc2cc(CC=C)[c]c(CC=C)c2)c1. The van der Waals surface area contributed by atoms with Crippen LogP contribution < -0.4 is 0 Å². The molecule has 0 fully saturated rings.